The Morgan fingerprint density at radius 2 is 1.86 bits per heavy atom. The Labute approximate surface area is 173 Å². The van der Waals surface area contributed by atoms with Gasteiger partial charge in [0.1, 0.15) is 5.78 Å². The lowest BCUT2D eigenvalue weighted by Gasteiger charge is -2.23. The van der Waals surface area contributed by atoms with Crippen LogP contribution in [0.25, 0.3) is 0 Å². The molecule has 0 amide bonds. The monoisotopic (exact) mass is 383 g/mol. The Bertz CT molecular complexity index is 621. The minimum absolute atomic E-state index is 0.262. The van der Waals surface area contributed by atoms with E-state index in [1.165, 1.54) is 36.8 Å². The summed E-state index contributed by atoms with van der Waals surface area (Å²) in [7, 11) is 0. The number of rotatable bonds is 11. The molecule has 1 saturated carbocycles. The third kappa shape index (κ3) is 8.46. The number of ketones is 1. The first kappa shape index (κ1) is 24.2. The van der Waals surface area contributed by atoms with Crippen LogP contribution in [0.5, 0.6) is 0 Å². The number of hydrogen-bond donors (Lipinski definition) is 1. The summed E-state index contributed by atoms with van der Waals surface area (Å²) in [6.07, 6.45) is 18.8. The first-order chi connectivity index (χ1) is 13.2. The molecule has 156 valence electrons. The number of carbonyl (C=O) groups is 1. The summed E-state index contributed by atoms with van der Waals surface area (Å²) in [6, 6.07) is 0. The molecule has 2 N–H and O–H groups in total. The van der Waals surface area contributed by atoms with Gasteiger partial charge in [-0.05, 0) is 55.1 Å². The van der Waals surface area contributed by atoms with Gasteiger partial charge < -0.3 is 5.73 Å². The topological polar surface area (TPSA) is 43.1 Å². The molecule has 2 nitrogen and oxygen atoms in total. The van der Waals surface area contributed by atoms with Crippen molar-refractivity contribution in [3.63, 3.8) is 0 Å². The van der Waals surface area contributed by atoms with E-state index in [0.29, 0.717) is 23.8 Å². The molecular formula is C26H41NO. The summed E-state index contributed by atoms with van der Waals surface area (Å²) in [5.41, 5.74) is 9.24. The molecule has 1 atom stereocenters. The van der Waals surface area contributed by atoms with Gasteiger partial charge >= 0.3 is 0 Å². The van der Waals surface area contributed by atoms with Crippen LogP contribution in [-0.2, 0) is 4.79 Å². The SMILES string of the molecule is C=C\C=C/C=C(CC)/C(=C\C(CCC(=O)C(C)(C)C)CC(=C)N)C1CCCC1. The first-order valence-corrected chi connectivity index (χ1v) is 10.9. The Morgan fingerprint density at radius 1 is 1.21 bits per heavy atom. The number of carbonyl (C=O) groups excluding carboxylic acids is 1. The maximum atomic E-state index is 12.5. The average Bonchev–Trinajstić information content (AvgIpc) is 3.14. The smallest absolute Gasteiger partial charge is 0.138 e. The van der Waals surface area contributed by atoms with Gasteiger partial charge in [-0.2, -0.15) is 0 Å². The average molecular weight is 384 g/mol. The maximum absolute atomic E-state index is 12.5. The molecule has 1 aliphatic rings. The molecule has 1 unspecified atom stereocenters. The Balaban J connectivity index is 3.16. The van der Waals surface area contributed by atoms with Crippen molar-refractivity contribution in [2.24, 2.45) is 23.0 Å². The van der Waals surface area contributed by atoms with E-state index >= 15 is 0 Å². The van der Waals surface area contributed by atoms with E-state index in [1.807, 2.05) is 32.9 Å². The van der Waals surface area contributed by atoms with Gasteiger partial charge in [-0.25, -0.2) is 0 Å². The molecule has 0 radical (unpaired) electrons. The van der Waals surface area contributed by atoms with E-state index in [9.17, 15) is 4.79 Å². The summed E-state index contributed by atoms with van der Waals surface area (Å²) >= 11 is 0. The second-order valence-corrected chi connectivity index (χ2v) is 9.10. The van der Waals surface area contributed by atoms with Crippen molar-refractivity contribution in [1.82, 2.24) is 0 Å². The molecular weight excluding hydrogens is 342 g/mol. The van der Waals surface area contributed by atoms with Gasteiger partial charge in [0.25, 0.3) is 0 Å². The molecule has 0 aliphatic heterocycles. The third-order valence-electron chi connectivity index (χ3n) is 5.61. The fourth-order valence-corrected chi connectivity index (χ4v) is 3.94. The number of Topliss-reactive ketones (excluding diaryl/α,β-unsaturated/α-hetero) is 1. The molecule has 0 aromatic rings. The molecule has 0 aromatic carbocycles. The van der Waals surface area contributed by atoms with Crippen molar-refractivity contribution in [3.05, 3.63) is 60.4 Å². The quantitative estimate of drug-likeness (QED) is 0.388. The van der Waals surface area contributed by atoms with Crippen molar-refractivity contribution in [2.45, 2.75) is 79.1 Å². The highest BCUT2D eigenvalue weighted by Crippen LogP contribution is 2.37. The number of nitrogens with two attached hydrogens (primary N) is 1. The van der Waals surface area contributed by atoms with Gasteiger partial charge in [0.2, 0.25) is 0 Å². The van der Waals surface area contributed by atoms with Crippen LogP contribution in [0.1, 0.15) is 79.1 Å². The van der Waals surface area contributed by atoms with Gasteiger partial charge in [-0.15, -0.1) is 0 Å². The zero-order chi connectivity index (χ0) is 21.2. The highest BCUT2D eigenvalue weighted by molar-refractivity contribution is 5.83. The lowest BCUT2D eigenvalue weighted by molar-refractivity contribution is -0.126. The summed E-state index contributed by atoms with van der Waals surface area (Å²) in [5, 5.41) is 0. The molecule has 1 rings (SSSR count). The predicted molar refractivity (Wildman–Crippen MR) is 123 cm³/mol. The van der Waals surface area contributed by atoms with Crippen LogP contribution in [0.2, 0.25) is 0 Å². The van der Waals surface area contributed by atoms with E-state index < -0.39 is 0 Å². The minimum atomic E-state index is -0.285. The van der Waals surface area contributed by atoms with Crippen molar-refractivity contribution in [1.29, 1.82) is 0 Å². The van der Waals surface area contributed by atoms with E-state index in [0.717, 1.165) is 19.3 Å². The minimum Gasteiger partial charge on any atom is -0.402 e. The Hall–Kier alpha value is -1.83. The largest absolute Gasteiger partial charge is 0.402 e. The third-order valence-corrected chi connectivity index (χ3v) is 5.61. The summed E-state index contributed by atoms with van der Waals surface area (Å²) in [4.78, 5) is 12.5. The van der Waals surface area contributed by atoms with Gasteiger partial charge in [0.15, 0.2) is 0 Å². The van der Waals surface area contributed by atoms with Crippen molar-refractivity contribution in [2.75, 3.05) is 0 Å². The molecule has 0 saturated heterocycles. The number of allylic oxidation sites excluding steroid dienone is 8. The van der Waals surface area contributed by atoms with Crippen LogP contribution in [0, 0.1) is 17.3 Å². The van der Waals surface area contributed by atoms with Crippen molar-refractivity contribution < 1.29 is 4.79 Å². The molecule has 2 heteroatoms. The highest BCUT2D eigenvalue weighted by atomic mass is 16.1. The second kappa shape index (κ2) is 11.9. The molecule has 0 aromatic heterocycles. The standard InChI is InChI=1S/C26H41NO/c1-7-9-10-13-22(8-2)24(23-14-11-12-15-23)19-21(18-20(3)27)16-17-25(28)26(4,5)6/h7,9-10,13,19,21,23H,1,3,8,11-12,14-18,27H2,2,4-6H3/b10-9-,22-13+,24-19+. The van der Waals surface area contributed by atoms with E-state index in [-0.39, 0.29) is 11.3 Å². The van der Waals surface area contributed by atoms with Gasteiger partial charge in [-0.1, -0.05) is 84.1 Å². The van der Waals surface area contributed by atoms with Gasteiger partial charge in [0.05, 0.1) is 0 Å². The molecule has 0 heterocycles. The van der Waals surface area contributed by atoms with E-state index in [1.54, 1.807) is 0 Å². The molecule has 0 bridgehead atoms. The molecule has 1 fully saturated rings. The van der Waals surface area contributed by atoms with Crippen LogP contribution in [-0.4, -0.2) is 5.78 Å². The van der Waals surface area contributed by atoms with Crippen LogP contribution in [0.15, 0.2) is 60.4 Å². The first-order valence-electron chi connectivity index (χ1n) is 10.9. The van der Waals surface area contributed by atoms with Gasteiger partial charge in [0, 0.05) is 17.5 Å². The van der Waals surface area contributed by atoms with Crippen LogP contribution in [0.3, 0.4) is 0 Å². The number of hydrogen-bond acceptors (Lipinski definition) is 2. The zero-order valence-corrected chi connectivity index (χ0v) is 18.6. The van der Waals surface area contributed by atoms with Crippen LogP contribution >= 0.6 is 0 Å². The normalized spacial score (nSPS) is 17.9. The second-order valence-electron chi connectivity index (χ2n) is 9.10. The molecule has 1 aliphatic carbocycles. The van der Waals surface area contributed by atoms with E-state index in [4.69, 9.17) is 5.73 Å². The molecule has 0 spiro atoms. The van der Waals surface area contributed by atoms with Crippen LogP contribution < -0.4 is 5.73 Å². The van der Waals surface area contributed by atoms with E-state index in [2.05, 4.69) is 38.3 Å². The Kier molecular flexibility index (Phi) is 10.3. The predicted octanol–water partition coefficient (Wildman–Crippen LogP) is 7.06. The highest BCUT2D eigenvalue weighted by Gasteiger charge is 2.25. The van der Waals surface area contributed by atoms with Gasteiger partial charge in [-0.3, -0.25) is 4.79 Å². The fraction of sp³-hybridized carbons (Fsp3) is 0.577. The zero-order valence-electron chi connectivity index (χ0n) is 18.6. The lowest BCUT2D eigenvalue weighted by Crippen LogP contribution is -2.21. The summed E-state index contributed by atoms with van der Waals surface area (Å²) in [6.45, 7) is 15.9. The molecule has 28 heavy (non-hydrogen) atoms. The van der Waals surface area contributed by atoms with Crippen molar-refractivity contribution in [3.8, 4) is 0 Å². The summed E-state index contributed by atoms with van der Waals surface area (Å²) in [5.74, 6) is 1.20. The Morgan fingerprint density at radius 3 is 2.36 bits per heavy atom. The fourth-order valence-electron chi connectivity index (χ4n) is 3.94. The van der Waals surface area contributed by atoms with Crippen LogP contribution in [0.4, 0.5) is 0 Å². The lowest BCUT2D eigenvalue weighted by atomic mass is 9.82. The summed E-state index contributed by atoms with van der Waals surface area (Å²) < 4.78 is 0. The maximum Gasteiger partial charge on any atom is 0.138 e. The van der Waals surface area contributed by atoms with Crippen molar-refractivity contribution >= 4 is 5.78 Å².